The lowest BCUT2D eigenvalue weighted by Crippen LogP contribution is -2.32. The topological polar surface area (TPSA) is 54.0 Å². The van der Waals surface area contributed by atoms with E-state index in [0.29, 0.717) is 16.7 Å². The van der Waals surface area contributed by atoms with E-state index in [2.05, 4.69) is 27.0 Å². The summed E-state index contributed by atoms with van der Waals surface area (Å²) in [5.41, 5.74) is 4.73. The second kappa shape index (κ2) is 7.00. The molecule has 2 aromatic heterocycles. The minimum atomic E-state index is 0.487. The lowest BCUT2D eigenvalue weighted by Gasteiger charge is -2.32. The fourth-order valence-electron chi connectivity index (χ4n) is 3.50. The molecule has 0 saturated heterocycles. The smallest absolute Gasteiger partial charge is 0.153 e. The standard InChI is InChI=1S/C21H16Cl2N4O/c22-15-9-17-18(10-16(15)23)26-21(25-17)14-4-1-5-19-20(14)28-8-7-27(19)12-13-3-2-6-24-11-13/h1-6,9-11H,7-8,12H2,(H,25,26). The summed E-state index contributed by atoms with van der Waals surface area (Å²) in [6, 6.07) is 13.7. The van der Waals surface area contributed by atoms with Gasteiger partial charge in [-0.25, -0.2) is 4.98 Å². The van der Waals surface area contributed by atoms with Gasteiger partial charge in [-0.2, -0.15) is 0 Å². The van der Waals surface area contributed by atoms with Gasteiger partial charge in [0.15, 0.2) is 5.75 Å². The number of rotatable bonds is 3. The van der Waals surface area contributed by atoms with Crippen LogP contribution >= 0.6 is 23.2 Å². The molecule has 2 aromatic carbocycles. The number of imidazole rings is 1. The molecule has 0 radical (unpaired) electrons. The number of benzene rings is 2. The lowest BCUT2D eigenvalue weighted by molar-refractivity contribution is 0.308. The normalized spacial score (nSPS) is 13.4. The summed E-state index contributed by atoms with van der Waals surface area (Å²) < 4.78 is 6.05. The maximum atomic E-state index is 6.14. The van der Waals surface area contributed by atoms with E-state index >= 15 is 0 Å². The lowest BCUT2D eigenvalue weighted by atomic mass is 10.1. The van der Waals surface area contributed by atoms with Crippen molar-refractivity contribution < 1.29 is 4.74 Å². The summed E-state index contributed by atoms with van der Waals surface area (Å²) in [5, 5.41) is 0.986. The van der Waals surface area contributed by atoms with Gasteiger partial charge in [0.25, 0.3) is 0 Å². The van der Waals surface area contributed by atoms with E-state index in [1.807, 2.05) is 24.4 Å². The van der Waals surface area contributed by atoms with Gasteiger partial charge in [0, 0.05) is 18.9 Å². The van der Waals surface area contributed by atoms with Crippen molar-refractivity contribution in [2.45, 2.75) is 6.54 Å². The van der Waals surface area contributed by atoms with Gasteiger partial charge in [-0.05, 0) is 35.9 Å². The highest BCUT2D eigenvalue weighted by Crippen LogP contribution is 2.41. The number of nitrogens with zero attached hydrogens (tertiary/aromatic N) is 3. The molecule has 0 aliphatic carbocycles. The Morgan fingerprint density at radius 1 is 1.11 bits per heavy atom. The third-order valence-corrected chi connectivity index (χ3v) is 5.54. The SMILES string of the molecule is Clc1cc2nc(-c3cccc4c3OCCN4Cc3cccnc3)[nH]c2cc1Cl. The third kappa shape index (κ3) is 3.07. The van der Waals surface area contributed by atoms with Crippen molar-refractivity contribution in [1.82, 2.24) is 15.0 Å². The molecule has 4 aromatic rings. The number of pyridine rings is 1. The number of aromatic nitrogens is 3. The van der Waals surface area contributed by atoms with Gasteiger partial charge in [0.2, 0.25) is 0 Å². The first-order valence-corrected chi connectivity index (χ1v) is 9.69. The Labute approximate surface area is 171 Å². The number of ether oxygens (including phenoxy) is 1. The summed E-state index contributed by atoms with van der Waals surface area (Å²) >= 11 is 12.3. The number of anilines is 1. The van der Waals surface area contributed by atoms with Gasteiger partial charge >= 0.3 is 0 Å². The molecular formula is C21H16Cl2N4O. The fourth-order valence-corrected chi connectivity index (χ4v) is 3.82. The third-order valence-electron chi connectivity index (χ3n) is 4.82. The number of hydrogen-bond donors (Lipinski definition) is 1. The zero-order valence-electron chi connectivity index (χ0n) is 14.8. The van der Waals surface area contributed by atoms with Crippen LogP contribution in [0.15, 0.2) is 54.9 Å². The summed E-state index contributed by atoms with van der Waals surface area (Å²) in [5.74, 6) is 1.56. The second-order valence-corrected chi connectivity index (χ2v) is 7.47. The zero-order chi connectivity index (χ0) is 19.1. The Kier molecular flexibility index (Phi) is 4.34. The van der Waals surface area contributed by atoms with E-state index in [1.165, 1.54) is 0 Å². The first-order valence-electron chi connectivity index (χ1n) is 8.94. The summed E-state index contributed by atoms with van der Waals surface area (Å²) in [6.07, 6.45) is 3.68. The van der Waals surface area contributed by atoms with E-state index < -0.39 is 0 Å². The Bertz CT molecular complexity index is 1120. The van der Waals surface area contributed by atoms with Crippen LogP contribution in [0.3, 0.4) is 0 Å². The Balaban J connectivity index is 1.56. The second-order valence-electron chi connectivity index (χ2n) is 6.65. The maximum Gasteiger partial charge on any atom is 0.153 e. The molecule has 140 valence electrons. The van der Waals surface area contributed by atoms with Crippen molar-refractivity contribution >= 4 is 39.9 Å². The van der Waals surface area contributed by atoms with E-state index in [9.17, 15) is 0 Å². The molecule has 0 fully saturated rings. The molecule has 0 amide bonds. The molecule has 1 N–H and O–H groups in total. The van der Waals surface area contributed by atoms with Crippen LogP contribution in [0.25, 0.3) is 22.4 Å². The number of hydrogen-bond acceptors (Lipinski definition) is 4. The van der Waals surface area contributed by atoms with Gasteiger partial charge in [-0.15, -0.1) is 0 Å². The maximum absolute atomic E-state index is 6.14. The minimum absolute atomic E-state index is 0.487. The van der Waals surface area contributed by atoms with Crippen LogP contribution in [0, 0.1) is 0 Å². The molecule has 7 heteroatoms. The van der Waals surface area contributed by atoms with Crippen molar-refractivity contribution in [3.8, 4) is 17.1 Å². The van der Waals surface area contributed by atoms with Crippen LogP contribution in [0.5, 0.6) is 5.75 Å². The van der Waals surface area contributed by atoms with E-state index in [1.54, 1.807) is 18.3 Å². The van der Waals surface area contributed by atoms with E-state index in [0.717, 1.165) is 52.5 Å². The monoisotopic (exact) mass is 410 g/mol. The highest BCUT2D eigenvalue weighted by Gasteiger charge is 2.23. The first kappa shape index (κ1) is 17.3. The molecule has 0 atom stereocenters. The van der Waals surface area contributed by atoms with Gasteiger partial charge in [-0.3, -0.25) is 4.98 Å². The number of fused-ring (bicyclic) bond motifs is 2. The molecule has 1 aliphatic rings. The van der Waals surface area contributed by atoms with Crippen LogP contribution in [-0.2, 0) is 6.54 Å². The molecule has 1 aliphatic heterocycles. The van der Waals surface area contributed by atoms with E-state index in [4.69, 9.17) is 32.9 Å². The molecule has 3 heterocycles. The van der Waals surface area contributed by atoms with E-state index in [-0.39, 0.29) is 0 Å². The number of halogens is 2. The van der Waals surface area contributed by atoms with Crippen LogP contribution in [0.1, 0.15) is 5.56 Å². The average Bonchev–Trinajstić information content (AvgIpc) is 3.11. The van der Waals surface area contributed by atoms with Gasteiger partial charge in [0.1, 0.15) is 12.4 Å². The Morgan fingerprint density at radius 3 is 2.86 bits per heavy atom. The Hall–Kier alpha value is -2.76. The molecule has 0 spiro atoms. The number of para-hydroxylation sites is 1. The molecular weight excluding hydrogens is 395 g/mol. The van der Waals surface area contributed by atoms with Crippen molar-refractivity contribution in [3.63, 3.8) is 0 Å². The first-order chi connectivity index (χ1) is 13.7. The van der Waals surface area contributed by atoms with Gasteiger partial charge in [0.05, 0.1) is 38.9 Å². The molecule has 5 nitrogen and oxygen atoms in total. The minimum Gasteiger partial charge on any atom is -0.489 e. The fraction of sp³-hybridized carbons (Fsp3) is 0.143. The van der Waals surface area contributed by atoms with Crippen molar-refractivity contribution in [2.75, 3.05) is 18.1 Å². The molecule has 0 bridgehead atoms. The van der Waals surface area contributed by atoms with Crippen molar-refractivity contribution in [1.29, 1.82) is 0 Å². The predicted octanol–water partition coefficient (Wildman–Crippen LogP) is 5.33. The van der Waals surface area contributed by atoms with Gasteiger partial charge < -0.3 is 14.6 Å². The number of aromatic amines is 1. The van der Waals surface area contributed by atoms with Crippen molar-refractivity contribution in [3.05, 3.63) is 70.5 Å². The predicted molar refractivity (Wildman–Crippen MR) is 112 cm³/mol. The van der Waals surface area contributed by atoms with Crippen molar-refractivity contribution in [2.24, 2.45) is 0 Å². The van der Waals surface area contributed by atoms with Crippen LogP contribution < -0.4 is 9.64 Å². The highest BCUT2D eigenvalue weighted by atomic mass is 35.5. The number of nitrogens with one attached hydrogen (secondary N) is 1. The molecule has 0 unspecified atom stereocenters. The van der Waals surface area contributed by atoms with Crippen LogP contribution in [0.4, 0.5) is 5.69 Å². The van der Waals surface area contributed by atoms with Crippen LogP contribution in [0.2, 0.25) is 10.0 Å². The molecule has 28 heavy (non-hydrogen) atoms. The quantitative estimate of drug-likeness (QED) is 0.495. The Morgan fingerprint density at radius 2 is 2.00 bits per heavy atom. The molecule has 5 rings (SSSR count). The molecule has 0 saturated carbocycles. The number of H-pyrrole nitrogens is 1. The highest BCUT2D eigenvalue weighted by molar-refractivity contribution is 6.42. The average molecular weight is 411 g/mol. The summed E-state index contributed by atoms with van der Waals surface area (Å²) in [6.45, 7) is 2.21. The largest absolute Gasteiger partial charge is 0.489 e. The summed E-state index contributed by atoms with van der Waals surface area (Å²) in [7, 11) is 0. The zero-order valence-corrected chi connectivity index (χ0v) is 16.3. The van der Waals surface area contributed by atoms with Gasteiger partial charge in [-0.1, -0.05) is 35.3 Å². The van der Waals surface area contributed by atoms with Crippen LogP contribution in [-0.4, -0.2) is 28.1 Å². The summed E-state index contributed by atoms with van der Waals surface area (Å²) in [4.78, 5) is 14.5.